The van der Waals surface area contributed by atoms with E-state index in [9.17, 15) is 0 Å². The van der Waals surface area contributed by atoms with E-state index >= 15 is 0 Å². The zero-order chi connectivity index (χ0) is 10.1. The highest BCUT2D eigenvalue weighted by atomic mass is 15.3. The Morgan fingerprint density at radius 3 is 2.86 bits per heavy atom. The maximum atomic E-state index is 5.78. The Morgan fingerprint density at radius 1 is 1.43 bits per heavy atom. The number of para-hydroxylation sites is 1. The monoisotopic (exact) mass is 189 g/mol. The van der Waals surface area contributed by atoms with Crippen molar-refractivity contribution in [3.05, 3.63) is 30.0 Å². The van der Waals surface area contributed by atoms with Crippen molar-refractivity contribution >= 4 is 10.9 Å². The molecule has 0 saturated heterocycles. The molecule has 0 aliphatic carbocycles. The molecule has 3 nitrogen and oxygen atoms in total. The molecule has 0 fully saturated rings. The zero-order valence-corrected chi connectivity index (χ0v) is 8.57. The topological polar surface area (TPSA) is 43.8 Å². The number of aryl methyl sites for hydroxylation is 1. The molecule has 1 heterocycles. The third kappa shape index (κ3) is 1.51. The van der Waals surface area contributed by atoms with E-state index in [0.717, 1.165) is 12.1 Å². The third-order valence-electron chi connectivity index (χ3n) is 2.35. The lowest BCUT2D eigenvalue weighted by Crippen LogP contribution is -2.18. The van der Waals surface area contributed by atoms with Gasteiger partial charge in [-0.05, 0) is 13.0 Å². The summed E-state index contributed by atoms with van der Waals surface area (Å²) in [5, 5.41) is 5.68. The number of aromatic nitrogens is 2. The molecule has 0 saturated carbocycles. The number of nitrogens with zero attached hydrogens (tertiary/aromatic N) is 2. The van der Waals surface area contributed by atoms with Crippen molar-refractivity contribution in [3.8, 4) is 0 Å². The summed E-state index contributed by atoms with van der Waals surface area (Å²) >= 11 is 0. The molecule has 0 radical (unpaired) electrons. The Labute approximate surface area is 83.5 Å². The fourth-order valence-electron chi connectivity index (χ4n) is 1.74. The average Bonchev–Trinajstić information content (AvgIpc) is 2.44. The molecule has 74 valence electrons. The lowest BCUT2D eigenvalue weighted by molar-refractivity contribution is 0.693. The van der Waals surface area contributed by atoms with Crippen molar-refractivity contribution in [2.24, 2.45) is 12.8 Å². The average molecular weight is 189 g/mol. The van der Waals surface area contributed by atoms with Gasteiger partial charge in [-0.3, -0.25) is 4.68 Å². The summed E-state index contributed by atoms with van der Waals surface area (Å²) in [4.78, 5) is 0. The van der Waals surface area contributed by atoms with E-state index in [1.165, 1.54) is 10.9 Å². The van der Waals surface area contributed by atoms with Gasteiger partial charge in [-0.25, -0.2) is 0 Å². The molecule has 0 aliphatic rings. The maximum absolute atomic E-state index is 5.78. The lowest BCUT2D eigenvalue weighted by Gasteiger charge is -2.00. The number of nitrogens with two attached hydrogens (primary N) is 1. The predicted molar refractivity (Wildman–Crippen MR) is 58.1 cm³/mol. The van der Waals surface area contributed by atoms with E-state index in [1.54, 1.807) is 0 Å². The third-order valence-corrected chi connectivity index (χ3v) is 2.35. The molecule has 1 atom stereocenters. The number of benzene rings is 1. The van der Waals surface area contributed by atoms with Crippen LogP contribution in [0.1, 0.15) is 12.6 Å². The number of hydrogen-bond acceptors (Lipinski definition) is 2. The van der Waals surface area contributed by atoms with Crippen LogP contribution in [0.25, 0.3) is 10.9 Å². The number of rotatable bonds is 2. The Hall–Kier alpha value is -1.35. The van der Waals surface area contributed by atoms with Gasteiger partial charge < -0.3 is 5.73 Å². The van der Waals surface area contributed by atoms with Gasteiger partial charge >= 0.3 is 0 Å². The molecule has 0 amide bonds. The summed E-state index contributed by atoms with van der Waals surface area (Å²) in [6.45, 7) is 2.00. The van der Waals surface area contributed by atoms with Crippen molar-refractivity contribution in [3.63, 3.8) is 0 Å². The van der Waals surface area contributed by atoms with Crippen molar-refractivity contribution in [2.75, 3.05) is 0 Å². The van der Waals surface area contributed by atoms with Crippen LogP contribution in [0, 0.1) is 0 Å². The molecule has 14 heavy (non-hydrogen) atoms. The summed E-state index contributed by atoms with van der Waals surface area (Å²) in [5.74, 6) is 0. The van der Waals surface area contributed by atoms with Gasteiger partial charge in [0.1, 0.15) is 0 Å². The Bertz CT molecular complexity index is 443. The minimum absolute atomic E-state index is 0.160. The molecule has 1 aromatic heterocycles. The summed E-state index contributed by atoms with van der Waals surface area (Å²) < 4.78 is 1.91. The Kier molecular flexibility index (Phi) is 2.25. The van der Waals surface area contributed by atoms with Crippen LogP contribution >= 0.6 is 0 Å². The van der Waals surface area contributed by atoms with Crippen LogP contribution in [0.3, 0.4) is 0 Å². The first-order valence-electron chi connectivity index (χ1n) is 4.84. The fourth-order valence-corrected chi connectivity index (χ4v) is 1.74. The van der Waals surface area contributed by atoms with Crippen molar-refractivity contribution < 1.29 is 0 Å². The molecule has 0 spiro atoms. The second kappa shape index (κ2) is 3.42. The van der Waals surface area contributed by atoms with Crippen LogP contribution < -0.4 is 5.73 Å². The Morgan fingerprint density at radius 2 is 2.14 bits per heavy atom. The van der Waals surface area contributed by atoms with Gasteiger partial charge in [0.15, 0.2) is 0 Å². The van der Waals surface area contributed by atoms with Gasteiger partial charge in [0.2, 0.25) is 0 Å². The fraction of sp³-hybridized carbons (Fsp3) is 0.364. The zero-order valence-electron chi connectivity index (χ0n) is 8.57. The van der Waals surface area contributed by atoms with Crippen LogP contribution in [0.4, 0.5) is 0 Å². The quantitative estimate of drug-likeness (QED) is 0.777. The highest BCUT2D eigenvalue weighted by molar-refractivity contribution is 5.81. The minimum Gasteiger partial charge on any atom is -0.328 e. The standard InChI is InChI=1S/C11H15N3/c1-8(12)7-10-9-5-3-4-6-11(9)14(2)13-10/h3-6,8H,7,12H2,1-2H3/t8-/m1/s1. The minimum atomic E-state index is 0.160. The Balaban J connectivity index is 2.55. The highest BCUT2D eigenvalue weighted by Gasteiger charge is 2.08. The second-order valence-corrected chi connectivity index (χ2v) is 3.77. The maximum Gasteiger partial charge on any atom is 0.0718 e. The molecule has 3 heteroatoms. The summed E-state index contributed by atoms with van der Waals surface area (Å²) in [7, 11) is 1.97. The number of fused-ring (bicyclic) bond motifs is 1. The normalized spacial score (nSPS) is 13.4. The van der Waals surface area contributed by atoms with E-state index in [1.807, 2.05) is 30.8 Å². The highest BCUT2D eigenvalue weighted by Crippen LogP contribution is 2.18. The smallest absolute Gasteiger partial charge is 0.0718 e. The molecular weight excluding hydrogens is 174 g/mol. The van der Waals surface area contributed by atoms with Gasteiger partial charge in [0.05, 0.1) is 11.2 Å². The van der Waals surface area contributed by atoms with E-state index in [0.29, 0.717) is 0 Å². The lowest BCUT2D eigenvalue weighted by atomic mass is 10.1. The van der Waals surface area contributed by atoms with Crippen LogP contribution in [0.15, 0.2) is 24.3 Å². The van der Waals surface area contributed by atoms with Crippen molar-refractivity contribution in [2.45, 2.75) is 19.4 Å². The van der Waals surface area contributed by atoms with Crippen LogP contribution in [0.2, 0.25) is 0 Å². The summed E-state index contributed by atoms with van der Waals surface area (Å²) in [6, 6.07) is 8.40. The summed E-state index contributed by atoms with van der Waals surface area (Å²) in [5.41, 5.74) is 8.04. The molecule has 0 bridgehead atoms. The van der Waals surface area contributed by atoms with Gasteiger partial charge in [-0.2, -0.15) is 5.10 Å². The van der Waals surface area contributed by atoms with Crippen molar-refractivity contribution in [1.29, 1.82) is 0 Å². The first-order chi connectivity index (χ1) is 6.68. The first kappa shape index (κ1) is 9.21. The molecule has 0 aliphatic heterocycles. The molecule has 2 N–H and O–H groups in total. The second-order valence-electron chi connectivity index (χ2n) is 3.77. The number of hydrogen-bond donors (Lipinski definition) is 1. The molecule has 1 aromatic carbocycles. The first-order valence-corrected chi connectivity index (χ1v) is 4.84. The van der Waals surface area contributed by atoms with Gasteiger partial charge in [-0.1, -0.05) is 18.2 Å². The van der Waals surface area contributed by atoms with E-state index in [4.69, 9.17) is 5.73 Å². The summed E-state index contributed by atoms with van der Waals surface area (Å²) in [6.07, 6.45) is 0.835. The van der Waals surface area contributed by atoms with E-state index in [2.05, 4.69) is 17.2 Å². The SMILES string of the molecule is C[C@@H](N)Cc1nn(C)c2ccccc12. The van der Waals surface area contributed by atoms with Gasteiger partial charge in [-0.15, -0.1) is 0 Å². The molecule has 2 aromatic rings. The van der Waals surface area contributed by atoms with Crippen LogP contribution in [0.5, 0.6) is 0 Å². The van der Waals surface area contributed by atoms with Gasteiger partial charge in [0, 0.05) is 24.9 Å². The predicted octanol–water partition coefficient (Wildman–Crippen LogP) is 1.46. The largest absolute Gasteiger partial charge is 0.328 e. The van der Waals surface area contributed by atoms with E-state index < -0.39 is 0 Å². The van der Waals surface area contributed by atoms with Crippen molar-refractivity contribution in [1.82, 2.24) is 9.78 Å². The molecule has 0 unspecified atom stereocenters. The van der Waals surface area contributed by atoms with Crippen LogP contribution in [-0.2, 0) is 13.5 Å². The van der Waals surface area contributed by atoms with E-state index in [-0.39, 0.29) is 6.04 Å². The molecular formula is C11H15N3. The van der Waals surface area contributed by atoms with Crippen LogP contribution in [-0.4, -0.2) is 15.8 Å². The molecule has 2 rings (SSSR count). The van der Waals surface area contributed by atoms with Gasteiger partial charge in [0.25, 0.3) is 0 Å².